The SMILES string of the molecule is CCOC(=O)C1CC1.COc1cccc(Cl)n1. The van der Waals surface area contributed by atoms with Crippen LogP contribution in [0.4, 0.5) is 0 Å². The van der Waals surface area contributed by atoms with Crippen LogP contribution in [-0.2, 0) is 9.53 Å². The van der Waals surface area contributed by atoms with Crippen molar-refractivity contribution in [2.45, 2.75) is 19.8 Å². The zero-order chi connectivity index (χ0) is 12.7. The first-order valence-electron chi connectivity index (χ1n) is 5.50. The second kappa shape index (κ2) is 7.12. The van der Waals surface area contributed by atoms with Crippen molar-refractivity contribution in [1.29, 1.82) is 0 Å². The van der Waals surface area contributed by atoms with Crippen LogP contribution in [0.2, 0.25) is 5.15 Å². The maximum atomic E-state index is 10.6. The van der Waals surface area contributed by atoms with E-state index in [9.17, 15) is 4.79 Å². The Morgan fingerprint density at radius 2 is 2.24 bits per heavy atom. The molecule has 5 heteroatoms. The van der Waals surface area contributed by atoms with E-state index in [0.717, 1.165) is 12.8 Å². The van der Waals surface area contributed by atoms with E-state index < -0.39 is 0 Å². The summed E-state index contributed by atoms with van der Waals surface area (Å²) >= 11 is 5.53. The van der Waals surface area contributed by atoms with E-state index >= 15 is 0 Å². The summed E-state index contributed by atoms with van der Waals surface area (Å²) in [6.07, 6.45) is 2.08. The predicted molar refractivity (Wildman–Crippen MR) is 65.2 cm³/mol. The molecule has 0 N–H and O–H groups in total. The van der Waals surface area contributed by atoms with Crippen LogP contribution in [0.25, 0.3) is 0 Å². The molecule has 1 aliphatic rings. The van der Waals surface area contributed by atoms with E-state index in [-0.39, 0.29) is 11.9 Å². The molecule has 0 aromatic carbocycles. The van der Waals surface area contributed by atoms with Crippen LogP contribution < -0.4 is 4.74 Å². The molecule has 1 aliphatic carbocycles. The summed E-state index contributed by atoms with van der Waals surface area (Å²) in [6.45, 7) is 2.36. The Hall–Kier alpha value is -1.29. The van der Waals surface area contributed by atoms with Crippen molar-refractivity contribution in [3.8, 4) is 5.88 Å². The molecule has 1 fully saturated rings. The number of methoxy groups -OCH3 is 1. The zero-order valence-electron chi connectivity index (χ0n) is 9.98. The molecule has 1 heterocycles. The fourth-order valence-corrected chi connectivity index (χ4v) is 1.24. The molecule has 2 rings (SSSR count). The van der Waals surface area contributed by atoms with Crippen molar-refractivity contribution in [3.63, 3.8) is 0 Å². The normalized spacial score (nSPS) is 13.4. The molecule has 0 bridgehead atoms. The van der Waals surface area contributed by atoms with Crippen molar-refractivity contribution in [3.05, 3.63) is 23.4 Å². The van der Waals surface area contributed by atoms with E-state index in [1.807, 2.05) is 6.92 Å². The van der Waals surface area contributed by atoms with Crippen LogP contribution in [-0.4, -0.2) is 24.7 Å². The summed E-state index contributed by atoms with van der Waals surface area (Å²) in [6, 6.07) is 5.23. The minimum atomic E-state index is -0.00694. The van der Waals surface area contributed by atoms with Crippen LogP contribution in [0.3, 0.4) is 0 Å². The monoisotopic (exact) mass is 257 g/mol. The van der Waals surface area contributed by atoms with E-state index in [1.165, 1.54) is 0 Å². The Balaban J connectivity index is 0.000000171. The standard InChI is InChI=1S/C6H6ClNO.C6H10O2/c1-9-6-4-2-3-5(7)8-6;1-2-8-6(7)5-3-4-5/h2-4H,1H3;5H,2-4H2,1H3. The van der Waals surface area contributed by atoms with Gasteiger partial charge < -0.3 is 9.47 Å². The topological polar surface area (TPSA) is 48.4 Å². The highest BCUT2D eigenvalue weighted by Crippen LogP contribution is 2.29. The largest absolute Gasteiger partial charge is 0.481 e. The Morgan fingerprint density at radius 1 is 1.53 bits per heavy atom. The summed E-state index contributed by atoms with van der Waals surface area (Å²) in [5.74, 6) is 0.796. The first kappa shape index (κ1) is 13.8. The first-order chi connectivity index (χ1) is 8.17. The third-order valence-corrected chi connectivity index (χ3v) is 2.31. The van der Waals surface area contributed by atoms with Gasteiger partial charge in [-0.25, -0.2) is 4.98 Å². The zero-order valence-corrected chi connectivity index (χ0v) is 10.7. The number of carbonyl (C=O) groups excluding carboxylic acids is 1. The Kier molecular flexibility index (Phi) is 5.77. The third-order valence-electron chi connectivity index (χ3n) is 2.10. The van der Waals surface area contributed by atoms with Gasteiger partial charge in [-0.15, -0.1) is 0 Å². The maximum absolute atomic E-state index is 10.6. The van der Waals surface area contributed by atoms with Gasteiger partial charge in [-0.1, -0.05) is 17.7 Å². The fourth-order valence-electron chi connectivity index (χ4n) is 1.08. The molecule has 0 aliphatic heterocycles. The number of ether oxygens (including phenoxy) is 2. The molecule has 1 saturated carbocycles. The second-order valence-corrected chi connectivity index (χ2v) is 3.92. The van der Waals surface area contributed by atoms with Crippen molar-refractivity contribution in [1.82, 2.24) is 4.98 Å². The van der Waals surface area contributed by atoms with Gasteiger partial charge in [-0.05, 0) is 25.8 Å². The minimum Gasteiger partial charge on any atom is -0.481 e. The van der Waals surface area contributed by atoms with Crippen LogP contribution in [0, 0.1) is 5.92 Å². The average molecular weight is 258 g/mol. The van der Waals surface area contributed by atoms with Gasteiger partial charge in [0.1, 0.15) is 5.15 Å². The molecule has 94 valence electrons. The summed E-state index contributed by atoms with van der Waals surface area (Å²) in [5.41, 5.74) is 0. The van der Waals surface area contributed by atoms with E-state index in [2.05, 4.69) is 4.98 Å². The number of pyridine rings is 1. The van der Waals surface area contributed by atoms with Crippen molar-refractivity contribution in [2.24, 2.45) is 5.92 Å². The molecule has 0 unspecified atom stereocenters. The van der Waals surface area contributed by atoms with Crippen LogP contribution >= 0.6 is 11.6 Å². The summed E-state index contributed by atoms with van der Waals surface area (Å²) in [4.78, 5) is 14.4. The van der Waals surface area contributed by atoms with Crippen LogP contribution in [0.15, 0.2) is 18.2 Å². The molecule has 4 nitrogen and oxygen atoms in total. The van der Waals surface area contributed by atoms with E-state index in [4.69, 9.17) is 21.1 Å². The lowest BCUT2D eigenvalue weighted by atomic mass is 10.4. The molecule has 0 saturated heterocycles. The highest BCUT2D eigenvalue weighted by Gasteiger charge is 2.30. The van der Waals surface area contributed by atoms with Gasteiger partial charge in [0.25, 0.3) is 0 Å². The number of nitrogens with zero attached hydrogens (tertiary/aromatic N) is 1. The lowest BCUT2D eigenvalue weighted by molar-refractivity contribution is -0.144. The Bertz CT molecular complexity index is 367. The van der Waals surface area contributed by atoms with Gasteiger partial charge in [-0.3, -0.25) is 4.79 Å². The second-order valence-electron chi connectivity index (χ2n) is 3.53. The third kappa shape index (κ3) is 5.54. The average Bonchev–Trinajstić information content (AvgIpc) is 3.14. The lowest BCUT2D eigenvalue weighted by Crippen LogP contribution is -2.04. The molecular formula is C12H16ClNO3. The molecule has 0 radical (unpaired) electrons. The number of aromatic nitrogens is 1. The van der Waals surface area contributed by atoms with Gasteiger partial charge in [0.05, 0.1) is 19.6 Å². The Labute approximate surface area is 106 Å². The first-order valence-corrected chi connectivity index (χ1v) is 5.88. The van der Waals surface area contributed by atoms with Gasteiger partial charge >= 0.3 is 5.97 Å². The number of hydrogen-bond donors (Lipinski definition) is 0. The van der Waals surface area contributed by atoms with Crippen molar-refractivity contribution in [2.75, 3.05) is 13.7 Å². The highest BCUT2D eigenvalue weighted by atomic mass is 35.5. The maximum Gasteiger partial charge on any atom is 0.308 e. The van der Waals surface area contributed by atoms with Gasteiger partial charge in [0.2, 0.25) is 5.88 Å². The summed E-state index contributed by atoms with van der Waals surface area (Å²) in [7, 11) is 1.55. The van der Waals surface area contributed by atoms with Gasteiger partial charge in [-0.2, -0.15) is 0 Å². The quantitative estimate of drug-likeness (QED) is 0.617. The molecule has 1 aromatic rings. The number of carbonyl (C=O) groups is 1. The van der Waals surface area contributed by atoms with Gasteiger partial charge in [0, 0.05) is 6.07 Å². The van der Waals surface area contributed by atoms with E-state index in [0.29, 0.717) is 17.6 Å². The lowest BCUT2D eigenvalue weighted by Gasteiger charge is -1.95. The summed E-state index contributed by atoms with van der Waals surface area (Å²) in [5, 5.41) is 0.453. The van der Waals surface area contributed by atoms with Gasteiger partial charge in [0.15, 0.2) is 0 Å². The number of hydrogen-bond acceptors (Lipinski definition) is 4. The van der Waals surface area contributed by atoms with Crippen molar-refractivity contribution >= 4 is 17.6 Å². The van der Waals surface area contributed by atoms with E-state index in [1.54, 1.807) is 25.3 Å². The van der Waals surface area contributed by atoms with Crippen LogP contribution in [0.1, 0.15) is 19.8 Å². The highest BCUT2D eigenvalue weighted by molar-refractivity contribution is 6.29. The molecule has 0 spiro atoms. The Morgan fingerprint density at radius 3 is 2.65 bits per heavy atom. The number of esters is 1. The van der Waals surface area contributed by atoms with Crippen molar-refractivity contribution < 1.29 is 14.3 Å². The molecule has 17 heavy (non-hydrogen) atoms. The fraction of sp³-hybridized carbons (Fsp3) is 0.500. The predicted octanol–water partition coefficient (Wildman–Crippen LogP) is 2.70. The smallest absolute Gasteiger partial charge is 0.308 e. The number of halogens is 1. The number of rotatable bonds is 3. The minimum absolute atomic E-state index is 0.00694. The summed E-state index contributed by atoms with van der Waals surface area (Å²) < 4.78 is 9.53. The molecular weight excluding hydrogens is 242 g/mol. The molecule has 1 aromatic heterocycles. The molecule has 0 amide bonds. The van der Waals surface area contributed by atoms with Crippen LogP contribution in [0.5, 0.6) is 5.88 Å². The molecule has 0 atom stereocenters.